The van der Waals surface area contributed by atoms with E-state index in [1.165, 1.54) is 73.8 Å². The van der Waals surface area contributed by atoms with Gasteiger partial charge in [0.05, 0.1) is 19.1 Å². The van der Waals surface area contributed by atoms with Crippen LogP contribution in [0.4, 0.5) is 0 Å². The van der Waals surface area contributed by atoms with Gasteiger partial charge in [-0.1, -0.05) is 6.07 Å². The van der Waals surface area contributed by atoms with Crippen LogP contribution in [-0.4, -0.2) is 127 Å². The van der Waals surface area contributed by atoms with Gasteiger partial charge >= 0.3 is 5.97 Å². The van der Waals surface area contributed by atoms with Gasteiger partial charge in [0.2, 0.25) is 6.29 Å². The zero-order valence-corrected chi connectivity index (χ0v) is 28.4. The smallest absolute Gasteiger partial charge is 0.330 e. The lowest BCUT2D eigenvalue weighted by Crippen LogP contribution is -2.60. The maximum atomic E-state index is 13.4. The lowest BCUT2D eigenvalue weighted by atomic mass is 9.90. The predicted molar refractivity (Wildman–Crippen MR) is 184 cm³/mol. The first kappa shape index (κ1) is 38.6. The molecule has 9 N–H and O–H groups in total. The summed E-state index contributed by atoms with van der Waals surface area (Å²) in [5.74, 6) is -1.04. The van der Waals surface area contributed by atoms with Gasteiger partial charge in [0.1, 0.15) is 84.4 Å². The molecular weight excluding hydrogens is 716 g/mol. The summed E-state index contributed by atoms with van der Waals surface area (Å²) in [6.07, 6.45) is -14.7. The topological polar surface area (TPSA) is 275 Å². The van der Waals surface area contributed by atoms with Gasteiger partial charge in [-0.05, 0) is 54.1 Å². The fourth-order valence-electron chi connectivity index (χ4n) is 6.10. The Hall–Kier alpha value is -5.08. The summed E-state index contributed by atoms with van der Waals surface area (Å²) in [6.45, 7) is -1.40. The summed E-state index contributed by atoms with van der Waals surface area (Å²) in [5.41, 5.74) is 0.136. The molecule has 0 saturated carbocycles. The van der Waals surface area contributed by atoms with E-state index in [0.29, 0.717) is 11.1 Å². The van der Waals surface area contributed by atoms with Crippen LogP contribution in [0, 0.1) is 0 Å². The third-order valence-corrected chi connectivity index (χ3v) is 9.13. The molecule has 17 nitrogen and oxygen atoms in total. The normalized spacial score (nSPS) is 28.6. The number of hydrogen-bond donors (Lipinski definition) is 9. The highest BCUT2D eigenvalue weighted by Gasteiger charge is 2.48. The third kappa shape index (κ3) is 7.90. The fourth-order valence-corrected chi connectivity index (χ4v) is 6.10. The van der Waals surface area contributed by atoms with Gasteiger partial charge in [-0.2, -0.15) is 0 Å². The number of carbonyl (C=O) groups excluding carboxylic acids is 1. The van der Waals surface area contributed by atoms with Crippen LogP contribution in [0.5, 0.6) is 23.0 Å². The second kappa shape index (κ2) is 16.1. The van der Waals surface area contributed by atoms with Crippen LogP contribution in [0.1, 0.15) is 17.2 Å². The van der Waals surface area contributed by atoms with Gasteiger partial charge in [-0.25, -0.2) is 4.79 Å². The number of ether oxygens (including phenoxy) is 5. The number of rotatable bonds is 10. The summed E-state index contributed by atoms with van der Waals surface area (Å²) in [6, 6.07) is 13.7. The van der Waals surface area contributed by atoms with Crippen molar-refractivity contribution in [3.05, 3.63) is 88.1 Å². The second-order valence-corrected chi connectivity index (χ2v) is 12.7. The minimum absolute atomic E-state index is 0.0280. The molecule has 10 unspecified atom stereocenters. The number of phenolic OH excluding ortho intramolecular Hbond substituents is 2. The Morgan fingerprint density at radius 2 is 1.50 bits per heavy atom. The molecule has 54 heavy (non-hydrogen) atoms. The highest BCUT2D eigenvalue weighted by Crippen LogP contribution is 2.40. The van der Waals surface area contributed by atoms with Gasteiger partial charge < -0.3 is 74.1 Å². The maximum Gasteiger partial charge on any atom is 0.330 e. The standard InChI is InChI=1S/C37H38O17/c1-49-26-10-16(2-8-21(26)40)3-9-29(42)50-15-28-31(44)33(46)35(48)37(54-28)53-25-13-24-19(22(41)12-23(51-24)17-4-6-18(39)7-5-17)11-20(25)36-34(47)32(45)30(43)27(14-38)52-36/h2-13,27-28,30-40,43-48H,14-15H2,1H3. The number of phenols is 2. The molecule has 2 fully saturated rings. The minimum Gasteiger partial charge on any atom is -0.508 e. The number of carbonyl (C=O) groups is 1. The highest BCUT2D eigenvalue weighted by atomic mass is 16.7. The van der Waals surface area contributed by atoms with Gasteiger partial charge in [0.25, 0.3) is 0 Å². The van der Waals surface area contributed by atoms with E-state index in [1.807, 2.05) is 0 Å². The number of hydrogen-bond acceptors (Lipinski definition) is 17. The average molecular weight is 755 g/mol. The first-order valence-electron chi connectivity index (χ1n) is 16.6. The molecule has 17 heteroatoms. The van der Waals surface area contributed by atoms with E-state index in [4.69, 9.17) is 28.1 Å². The lowest BCUT2D eigenvalue weighted by Gasteiger charge is -2.42. The molecular formula is C37H38O17. The summed E-state index contributed by atoms with van der Waals surface area (Å²) in [5, 5.41) is 93.6. The van der Waals surface area contributed by atoms with Crippen molar-refractivity contribution in [1.82, 2.24) is 0 Å². The van der Waals surface area contributed by atoms with Crippen molar-refractivity contribution in [3.8, 4) is 34.3 Å². The molecule has 3 aromatic carbocycles. The number of benzene rings is 3. The van der Waals surface area contributed by atoms with Gasteiger partial charge in [-0.3, -0.25) is 4.79 Å². The number of aliphatic hydroxyl groups excluding tert-OH is 7. The van der Waals surface area contributed by atoms with E-state index in [1.54, 1.807) is 0 Å². The van der Waals surface area contributed by atoms with E-state index in [2.05, 4.69) is 0 Å². The largest absolute Gasteiger partial charge is 0.508 e. The SMILES string of the molecule is COc1cc(C=CC(=O)OCC2OC(Oc3cc4oc(-c5ccc(O)cc5)cc(=O)c4cc3C3OC(CO)C(O)C(O)C3O)C(O)C(O)C2O)ccc1O. The molecule has 0 bridgehead atoms. The van der Waals surface area contributed by atoms with Gasteiger partial charge in [0.15, 0.2) is 16.9 Å². The Kier molecular flexibility index (Phi) is 11.5. The Labute approximate surface area is 305 Å². The Balaban J connectivity index is 1.30. The van der Waals surface area contributed by atoms with Crippen molar-refractivity contribution in [2.45, 2.75) is 61.2 Å². The van der Waals surface area contributed by atoms with Crippen LogP contribution in [-0.2, 0) is 19.0 Å². The van der Waals surface area contributed by atoms with E-state index < -0.39 is 85.8 Å². The molecule has 2 saturated heterocycles. The van der Waals surface area contributed by atoms with Crippen LogP contribution in [0.25, 0.3) is 28.4 Å². The Bertz CT molecular complexity index is 2040. The van der Waals surface area contributed by atoms with Crippen LogP contribution in [0.3, 0.4) is 0 Å². The second-order valence-electron chi connectivity index (χ2n) is 12.7. The highest BCUT2D eigenvalue weighted by molar-refractivity contribution is 5.87. The average Bonchev–Trinajstić information content (AvgIpc) is 3.16. The first-order chi connectivity index (χ1) is 25.8. The molecule has 3 heterocycles. The van der Waals surface area contributed by atoms with E-state index >= 15 is 0 Å². The first-order valence-corrected chi connectivity index (χ1v) is 16.6. The van der Waals surface area contributed by atoms with E-state index in [0.717, 1.165) is 6.08 Å². The molecule has 2 aliphatic rings. The zero-order chi connectivity index (χ0) is 38.8. The van der Waals surface area contributed by atoms with Crippen molar-refractivity contribution in [2.24, 2.45) is 0 Å². The summed E-state index contributed by atoms with van der Waals surface area (Å²) in [4.78, 5) is 25.9. The summed E-state index contributed by atoms with van der Waals surface area (Å²) < 4.78 is 33.8. The van der Waals surface area contributed by atoms with E-state index in [-0.39, 0.29) is 45.3 Å². The minimum atomic E-state index is -1.93. The number of methoxy groups -OCH3 is 1. The number of fused-ring (bicyclic) bond motifs is 1. The number of aromatic hydroxyl groups is 2. The molecule has 0 spiro atoms. The lowest BCUT2D eigenvalue weighted by molar-refractivity contribution is -0.279. The van der Waals surface area contributed by atoms with Crippen molar-refractivity contribution in [1.29, 1.82) is 0 Å². The molecule has 4 aromatic rings. The van der Waals surface area contributed by atoms with E-state index in [9.17, 15) is 55.5 Å². The molecule has 10 atom stereocenters. The van der Waals surface area contributed by atoms with Crippen LogP contribution in [0.15, 0.2) is 76.0 Å². The molecule has 2 aliphatic heterocycles. The third-order valence-electron chi connectivity index (χ3n) is 9.13. The molecule has 288 valence electrons. The molecule has 1 aromatic heterocycles. The monoisotopic (exact) mass is 754 g/mol. The predicted octanol–water partition coefficient (Wildman–Crippen LogP) is -0.162. The Morgan fingerprint density at radius 1 is 0.796 bits per heavy atom. The van der Waals surface area contributed by atoms with Crippen LogP contribution in [0.2, 0.25) is 0 Å². The van der Waals surface area contributed by atoms with Crippen LogP contribution >= 0.6 is 0 Å². The van der Waals surface area contributed by atoms with Crippen molar-refractivity contribution >= 4 is 23.0 Å². The van der Waals surface area contributed by atoms with Gasteiger partial charge in [-0.15, -0.1) is 0 Å². The maximum absolute atomic E-state index is 13.4. The van der Waals surface area contributed by atoms with Crippen molar-refractivity contribution in [2.75, 3.05) is 20.3 Å². The molecule has 6 rings (SSSR count). The number of esters is 1. The summed E-state index contributed by atoms with van der Waals surface area (Å²) >= 11 is 0. The molecule has 0 radical (unpaired) electrons. The van der Waals surface area contributed by atoms with Crippen LogP contribution < -0.4 is 14.9 Å². The Morgan fingerprint density at radius 3 is 2.20 bits per heavy atom. The number of aliphatic hydroxyl groups is 7. The molecule has 0 amide bonds. The van der Waals surface area contributed by atoms with Crippen molar-refractivity contribution < 1.29 is 78.9 Å². The summed E-state index contributed by atoms with van der Waals surface area (Å²) in [7, 11) is 1.36. The fraction of sp³-hybridized carbons (Fsp3) is 0.351. The molecule has 0 aliphatic carbocycles. The quantitative estimate of drug-likeness (QED) is 0.0751. The van der Waals surface area contributed by atoms with Crippen molar-refractivity contribution in [3.63, 3.8) is 0 Å². The van der Waals surface area contributed by atoms with Gasteiger partial charge in [0, 0.05) is 29.3 Å². The zero-order valence-electron chi connectivity index (χ0n) is 28.4.